The van der Waals surface area contributed by atoms with Crippen LogP contribution in [0.1, 0.15) is 11.3 Å². The Morgan fingerprint density at radius 2 is 1.70 bits per heavy atom. The van der Waals surface area contributed by atoms with E-state index in [9.17, 15) is 15.0 Å². The van der Waals surface area contributed by atoms with Crippen molar-refractivity contribution < 1.29 is 15.0 Å². The number of carbonyl (C=O) groups excluding carboxylic acids is 1. The van der Waals surface area contributed by atoms with Crippen molar-refractivity contribution in [2.24, 2.45) is 0 Å². The molecule has 2 N–H and O–H groups in total. The van der Waals surface area contributed by atoms with Crippen LogP contribution in [0.2, 0.25) is 0 Å². The summed E-state index contributed by atoms with van der Waals surface area (Å²) in [4.78, 5) is 15.3. The Labute approximate surface area is 116 Å². The molecule has 0 radical (unpaired) electrons. The van der Waals surface area contributed by atoms with Crippen LogP contribution in [0.5, 0.6) is 0 Å². The number of ketones is 1. The fourth-order valence-electron chi connectivity index (χ4n) is 2.31. The number of hydrogen-bond acceptors (Lipinski definition) is 4. The first-order chi connectivity index (χ1) is 9.58. The van der Waals surface area contributed by atoms with E-state index in [1.807, 2.05) is 31.2 Å². The van der Waals surface area contributed by atoms with Crippen LogP contribution in [0.15, 0.2) is 48.4 Å². The summed E-state index contributed by atoms with van der Waals surface area (Å²) in [6.45, 7) is 1.93. The number of hydrogen-bond donors (Lipinski definition) is 2. The predicted molar refractivity (Wildman–Crippen MR) is 75.0 cm³/mol. The van der Waals surface area contributed by atoms with E-state index in [1.165, 1.54) is 0 Å². The van der Waals surface area contributed by atoms with Crippen LogP contribution in [-0.2, 0) is 4.79 Å². The van der Waals surface area contributed by atoms with Gasteiger partial charge in [-0.1, -0.05) is 24.3 Å². The van der Waals surface area contributed by atoms with Gasteiger partial charge in [0.1, 0.15) is 6.10 Å². The molecule has 1 heterocycles. The Morgan fingerprint density at radius 3 is 2.30 bits per heavy atom. The van der Waals surface area contributed by atoms with Crippen LogP contribution in [0.25, 0.3) is 16.7 Å². The maximum Gasteiger partial charge on any atom is 0.230 e. The summed E-state index contributed by atoms with van der Waals surface area (Å²) in [6.07, 6.45) is 0.547. The highest BCUT2D eigenvalue weighted by molar-refractivity contribution is 6.19. The summed E-state index contributed by atoms with van der Waals surface area (Å²) in [5.41, 5.74) is 3.95. The lowest BCUT2D eigenvalue weighted by molar-refractivity contribution is -0.125. The number of rotatable bonds is 2. The summed E-state index contributed by atoms with van der Waals surface area (Å²) >= 11 is 0. The molecule has 1 atom stereocenters. The lowest BCUT2D eigenvalue weighted by atomic mass is 9.85. The molecule has 0 saturated heterocycles. The number of aliphatic hydroxyl groups is 2. The highest BCUT2D eigenvalue weighted by Gasteiger charge is 2.38. The van der Waals surface area contributed by atoms with E-state index in [2.05, 4.69) is 4.98 Å². The van der Waals surface area contributed by atoms with Gasteiger partial charge in [-0.15, -0.1) is 0 Å². The van der Waals surface area contributed by atoms with Crippen molar-refractivity contribution in [1.82, 2.24) is 4.98 Å². The third kappa shape index (κ3) is 1.90. The van der Waals surface area contributed by atoms with Crippen molar-refractivity contribution in [2.45, 2.75) is 13.0 Å². The monoisotopic (exact) mass is 267 g/mol. The number of nitrogens with zero attached hydrogens (tertiary/aromatic N) is 1. The Morgan fingerprint density at radius 1 is 1.05 bits per heavy atom. The molecule has 1 aliphatic carbocycles. The van der Waals surface area contributed by atoms with E-state index >= 15 is 0 Å². The highest BCUT2D eigenvalue weighted by Crippen LogP contribution is 2.33. The highest BCUT2D eigenvalue weighted by atomic mass is 16.3. The zero-order chi connectivity index (χ0) is 14.3. The summed E-state index contributed by atoms with van der Waals surface area (Å²) < 4.78 is 0. The largest absolute Gasteiger partial charge is 0.504 e. The number of benzene rings is 1. The second kappa shape index (κ2) is 4.58. The summed E-state index contributed by atoms with van der Waals surface area (Å²) in [6, 6.07) is 11.2. The molecule has 4 heteroatoms. The molecule has 0 saturated carbocycles. The minimum Gasteiger partial charge on any atom is -0.504 e. The minimum atomic E-state index is -1.20. The quantitative estimate of drug-likeness (QED) is 0.875. The van der Waals surface area contributed by atoms with Crippen molar-refractivity contribution in [3.05, 3.63) is 59.6 Å². The van der Waals surface area contributed by atoms with Gasteiger partial charge in [0.2, 0.25) is 5.78 Å². The summed E-state index contributed by atoms with van der Waals surface area (Å²) in [7, 11) is 0. The molecule has 0 bridgehead atoms. The van der Waals surface area contributed by atoms with Crippen molar-refractivity contribution in [3.8, 4) is 11.1 Å². The number of aryl methyl sites for hydroxylation is 1. The first kappa shape index (κ1) is 12.6. The Hall–Kier alpha value is -2.46. The predicted octanol–water partition coefficient (Wildman–Crippen LogP) is 2.27. The van der Waals surface area contributed by atoms with E-state index in [1.54, 1.807) is 18.3 Å². The van der Waals surface area contributed by atoms with Gasteiger partial charge >= 0.3 is 0 Å². The number of aromatic nitrogens is 1. The van der Waals surface area contributed by atoms with E-state index in [0.29, 0.717) is 11.1 Å². The van der Waals surface area contributed by atoms with Gasteiger partial charge in [0.05, 0.1) is 0 Å². The standard InChI is InChI=1S/C16H13NO3/c1-9-8-12(6-7-17-9)10-2-4-11(5-3-10)13-14(18)16(20)15(13)19/h2-8,14,18-19H,1H3. The van der Waals surface area contributed by atoms with Gasteiger partial charge in [-0.2, -0.15) is 0 Å². The van der Waals surface area contributed by atoms with E-state index in [-0.39, 0.29) is 5.76 Å². The lowest BCUT2D eigenvalue weighted by Crippen LogP contribution is -2.35. The van der Waals surface area contributed by atoms with Gasteiger partial charge in [0.15, 0.2) is 5.76 Å². The average molecular weight is 267 g/mol. The topological polar surface area (TPSA) is 70.4 Å². The zero-order valence-electron chi connectivity index (χ0n) is 10.9. The van der Waals surface area contributed by atoms with Gasteiger partial charge in [-0.25, -0.2) is 0 Å². The molecule has 2 aromatic rings. The lowest BCUT2D eigenvalue weighted by Gasteiger charge is -2.24. The molecule has 0 amide bonds. The third-order valence-corrected chi connectivity index (χ3v) is 3.44. The molecule has 100 valence electrons. The van der Waals surface area contributed by atoms with Gasteiger partial charge in [0.25, 0.3) is 0 Å². The van der Waals surface area contributed by atoms with E-state index in [0.717, 1.165) is 16.8 Å². The summed E-state index contributed by atoms with van der Waals surface area (Å²) in [5.74, 6) is -0.959. The van der Waals surface area contributed by atoms with Crippen molar-refractivity contribution in [1.29, 1.82) is 0 Å². The number of pyridine rings is 1. The summed E-state index contributed by atoms with van der Waals surface area (Å²) in [5, 5.41) is 19.0. The van der Waals surface area contributed by atoms with Gasteiger partial charge < -0.3 is 10.2 Å². The van der Waals surface area contributed by atoms with Gasteiger partial charge in [-0.3, -0.25) is 9.78 Å². The molecule has 0 spiro atoms. The molecule has 4 nitrogen and oxygen atoms in total. The number of aliphatic hydroxyl groups excluding tert-OH is 2. The van der Waals surface area contributed by atoms with Crippen molar-refractivity contribution in [2.75, 3.05) is 0 Å². The molecule has 0 aliphatic heterocycles. The molecule has 1 aliphatic rings. The first-order valence-corrected chi connectivity index (χ1v) is 6.27. The SMILES string of the molecule is Cc1cc(-c2ccc(C3=C(O)C(=O)C3O)cc2)ccn1. The zero-order valence-corrected chi connectivity index (χ0v) is 10.9. The Kier molecular flexibility index (Phi) is 2.88. The minimum absolute atomic E-state index is 0.299. The van der Waals surface area contributed by atoms with E-state index in [4.69, 9.17) is 0 Å². The average Bonchev–Trinajstić information content (AvgIpc) is 2.48. The fourth-order valence-corrected chi connectivity index (χ4v) is 2.31. The smallest absolute Gasteiger partial charge is 0.230 e. The molecule has 20 heavy (non-hydrogen) atoms. The molecular weight excluding hydrogens is 254 g/mol. The third-order valence-electron chi connectivity index (χ3n) is 3.44. The molecule has 3 rings (SSSR count). The Bertz CT molecular complexity index is 717. The molecule has 0 fully saturated rings. The normalized spacial score (nSPS) is 18.1. The number of carbonyl (C=O) groups is 1. The molecular formula is C16H13NO3. The van der Waals surface area contributed by atoms with Crippen LogP contribution >= 0.6 is 0 Å². The van der Waals surface area contributed by atoms with E-state index < -0.39 is 11.9 Å². The number of Topliss-reactive ketones (excluding diaryl/α,β-unsaturated/α-hetero) is 1. The maximum atomic E-state index is 11.1. The second-order valence-corrected chi connectivity index (χ2v) is 4.79. The van der Waals surface area contributed by atoms with Crippen LogP contribution in [0, 0.1) is 6.92 Å². The van der Waals surface area contributed by atoms with Gasteiger partial charge in [-0.05, 0) is 35.7 Å². The molecule has 1 unspecified atom stereocenters. The van der Waals surface area contributed by atoms with Crippen LogP contribution in [0.3, 0.4) is 0 Å². The molecule has 1 aromatic carbocycles. The van der Waals surface area contributed by atoms with Crippen LogP contribution < -0.4 is 0 Å². The Balaban J connectivity index is 1.95. The molecule has 1 aromatic heterocycles. The van der Waals surface area contributed by atoms with Crippen molar-refractivity contribution in [3.63, 3.8) is 0 Å². The maximum absolute atomic E-state index is 11.1. The van der Waals surface area contributed by atoms with Crippen LogP contribution in [-0.4, -0.2) is 27.1 Å². The fraction of sp³-hybridized carbons (Fsp3) is 0.125. The first-order valence-electron chi connectivity index (χ1n) is 6.27. The van der Waals surface area contributed by atoms with Crippen LogP contribution in [0.4, 0.5) is 0 Å². The van der Waals surface area contributed by atoms with Gasteiger partial charge in [0, 0.05) is 17.5 Å². The van der Waals surface area contributed by atoms with Crippen molar-refractivity contribution >= 4 is 11.4 Å². The second-order valence-electron chi connectivity index (χ2n) is 4.79.